The predicted molar refractivity (Wildman–Crippen MR) is 82.8 cm³/mol. The molecule has 1 heterocycles. The zero-order valence-electron chi connectivity index (χ0n) is 11.8. The number of nitrogens with one attached hydrogen (secondary N) is 1. The number of benzene rings is 2. The lowest BCUT2D eigenvalue weighted by atomic mass is 10.1. The summed E-state index contributed by atoms with van der Waals surface area (Å²) in [6.45, 7) is 0. The minimum absolute atomic E-state index is 0.314. The normalized spacial score (nSPS) is 10.5. The number of pyridine rings is 1. The summed E-state index contributed by atoms with van der Waals surface area (Å²) in [5.74, 6) is -0.790. The molecule has 0 aliphatic heterocycles. The van der Waals surface area contributed by atoms with Gasteiger partial charge in [0, 0.05) is 5.39 Å². The van der Waals surface area contributed by atoms with Crippen LogP contribution in [0.25, 0.3) is 10.9 Å². The number of fused-ring (bicyclic) bond motifs is 1. The first-order valence-corrected chi connectivity index (χ1v) is 6.67. The van der Waals surface area contributed by atoms with Crippen LogP contribution >= 0.6 is 0 Å². The minimum atomic E-state index is -0.428. The monoisotopic (exact) mass is 296 g/mol. The Bertz CT molecular complexity index is 849. The first kappa shape index (κ1) is 14.0. The second-order valence-electron chi connectivity index (χ2n) is 4.70. The molecule has 22 heavy (non-hydrogen) atoms. The average Bonchev–Trinajstić information content (AvgIpc) is 2.55. The van der Waals surface area contributed by atoms with Gasteiger partial charge in [0.15, 0.2) is 0 Å². The van der Waals surface area contributed by atoms with Gasteiger partial charge in [-0.15, -0.1) is 0 Å². The molecule has 0 saturated heterocycles. The third-order valence-electron chi connectivity index (χ3n) is 3.27. The van der Waals surface area contributed by atoms with Gasteiger partial charge in [-0.2, -0.15) is 0 Å². The van der Waals surface area contributed by atoms with Crippen LogP contribution in [0.4, 0.5) is 15.8 Å². The molecule has 4 nitrogen and oxygen atoms in total. The number of hydrogen-bond donors (Lipinski definition) is 1. The van der Waals surface area contributed by atoms with Gasteiger partial charge in [-0.25, -0.2) is 9.18 Å². The number of halogens is 1. The molecular weight excluding hydrogens is 283 g/mol. The van der Waals surface area contributed by atoms with E-state index in [1.165, 1.54) is 19.4 Å². The molecule has 5 heteroatoms. The van der Waals surface area contributed by atoms with Crippen molar-refractivity contribution in [3.8, 4) is 0 Å². The zero-order chi connectivity index (χ0) is 15.5. The highest BCUT2D eigenvalue weighted by atomic mass is 19.1. The van der Waals surface area contributed by atoms with E-state index in [-0.39, 0.29) is 5.82 Å². The summed E-state index contributed by atoms with van der Waals surface area (Å²) in [7, 11) is 1.33. The van der Waals surface area contributed by atoms with E-state index in [2.05, 4.69) is 10.3 Å². The summed E-state index contributed by atoms with van der Waals surface area (Å²) in [5, 5.41) is 3.79. The number of carbonyl (C=O) groups is 1. The molecule has 0 bridgehead atoms. The molecule has 1 N–H and O–H groups in total. The van der Waals surface area contributed by atoms with E-state index in [1.807, 2.05) is 6.07 Å². The number of aromatic nitrogens is 1. The number of methoxy groups -OCH3 is 1. The fourth-order valence-corrected chi connectivity index (χ4v) is 2.23. The Labute approximate surface area is 126 Å². The molecular formula is C17H13FN2O2. The molecule has 3 rings (SSSR count). The van der Waals surface area contributed by atoms with Crippen molar-refractivity contribution >= 4 is 28.2 Å². The lowest BCUT2D eigenvalue weighted by Crippen LogP contribution is -2.05. The van der Waals surface area contributed by atoms with Crippen molar-refractivity contribution in [2.45, 2.75) is 0 Å². The summed E-state index contributed by atoms with van der Waals surface area (Å²) in [5.41, 5.74) is 2.00. The van der Waals surface area contributed by atoms with Crippen molar-refractivity contribution in [2.24, 2.45) is 0 Å². The Morgan fingerprint density at radius 2 is 2.00 bits per heavy atom. The molecule has 1 aromatic heterocycles. The molecule has 0 radical (unpaired) electrons. The third kappa shape index (κ3) is 2.61. The smallest absolute Gasteiger partial charge is 0.339 e. The Hall–Kier alpha value is -2.95. The first-order valence-electron chi connectivity index (χ1n) is 6.67. The zero-order valence-corrected chi connectivity index (χ0v) is 11.8. The van der Waals surface area contributed by atoms with Gasteiger partial charge in [0.05, 0.1) is 30.2 Å². The standard InChI is InChI=1S/C17H13FN2O2/c1-22-17(21)13-6-2-3-8-15(13)20-12-9-11-5-4-7-14(18)16(11)19-10-12/h2-10,20H,1H3. The molecule has 0 fully saturated rings. The predicted octanol–water partition coefficient (Wildman–Crippen LogP) is 3.90. The number of ether oxygens (including phenoxy) is 1. The van der Waals surface area contributed by atoms with Crippen LogP contribution in [0.5, 0.6) is 0 Å². The van der Waals surface area contributed by atoms with Crippen LogP contribution in [0, 0.1) is 5.82 Å². The number of para-hydroxylation sites is 2. The maximum absolute atomic E-state index is 13.6. The van der Waals surface area contributed by atoms with E-state index in [0.29, 0.717) is 27.8 Å². The van der Waals surface area contributed by atoms with Crippen molar-refractivity contribution in [3.63, 3.8) is 0 Å². The van der Waals surface area contributed by atoms with E-state index < -0.39 is 5.97 Å². The minimum Gasteiger partial charge on any atom is -0.465 e. The quantitative estimate of drug-likeness (QED) is 0.745. The van der Waals surface area contributed by atoms with Crippen LogP contribution in [0.15, 0.2) is 54.7 Å². The largest absolute Gasteiger partial charge is 0.465 e. The average molecular weight is 296 g/mol. The third-order valence-corrected chi connectivity index (χ3v) is 3.27. The van der Waals surface area contributed by atoms with Crippen molar-refractivity contribution < 1.29 is 13.9 Å². The fourth-order valence-electron chi connectivity index (χ4n) is 2.23. The molecule has 0 amide bonds. The van der Waals surface area contributed by atoms with Gasteiger partial charge in [0.1, 0.15) is 11.3 Å². The van der Waals surface area contributed by atoms with E-state index in [1.54, 1.807) is 36.4 Å². The molecule has 0 saturated carbocycles. The highest BCUT2D eigenvalue weighted by Gasteiger charge is 2.11. The van der Waals surface area contributed by atoms with Gasteiger partial charge in [0.25, 0.3) is 0 Å². The van der Waals surface area contributed by atoms with Crippen molar-refractivity contribution in [3.05, 3.63) is 66.1 Å². The summed E-state index contributed by atoms with van der Waals surface area (Å²) < 4.78 is 18.4. The Morgan fingerprint density at radius 1 is 1.18 bits per heavy atom. The molecule has 3 aromatic rings. The van der Waals surface area contributed by atoms with Crippen LogP contribution < -0.4 is 5.32 Å². The SMILES string of the molecule is COC(=O)c1ccccc1Nc1cnc2c(F)cccc2c1. The molecule has 0 spiro atoms. The van der Waals surface area contributed by atoms with Crippen LogP contribution in [0.1, 0.15) is 10.4 Å². The number of esters is 1. The van der Waals surface area contributed by atoms with Gasteiger partial charge < -0.3 is 10.1 Å². The van der Waals surface area contributed by atoms with Gasteiger partial charge in [-0.3, -0.25) is 4.98 Å². The molecule has 110 valence electrons. The fraction of sp³-hybridized carbons (Fsp3) is 0.0588. The first-order chi connectivity index (χ1) is 10.7. The summed E-state index contributed by atoms with van der Waals surface area (Å²) in [6, 6.07) is 13.6. The molecule has 2 aromatic carbocycles. The number of nitrogens with zero attached hydrogens (tertiary/aromatic N) is 1. The van der Waals surface area contributed by atoms with Crippen LogP contribution in [0.3, 0.4) is 0 Å². The maximum Gasteiger partial charge on any atom is 0.339 e. The Balaban J connectivity index is 1.99. The van der Waals surface area contributed by atoms with Gasteiger partial charge in [0.2, 0.25) is 0 Å². The molecule has 0 aliphatic carbocycles. The molecule has 0 aliphatic rings. The van der Waals surface area contributed by atoms with Gasteiger partial charge >= 0.3 is 5.97 Å². The van der Waals surface area contributed by atoms with E-state index in [0.717, 1.165) is 0 Å². The lowest BCUT2D eigenvalue weighted by molar-refractivity contribution is 0.0602. The Morgan fingerprint density at radius 3 is 2.82 bits per heavy atom. The highest BCUT2D eigenvalue weighted by Crippen LogP contribution is 2.24. The number of anilines is 2. The van der Waals surface area contributed by atoms with Crippen LogP contribution in [-0.4, -0.2) is 18.1 Å². The van der Waals surface area contributed by atoms with Crippen molar-refractivity contribution in [1.82, 2.24) is 4.98 Å². The summed E-state index contributed by atoms with van der Waals surface area (Å²) in [4.78, 5) is 15.9. The van der Waals surface area contributed by atoms with Gasteiger partial charge in [-0.05, 0) is 24.3 Å². The van der Waals surface area contributed by atoms with E-state index >= 15 is 0 Å². The lowest BCUT2D eigenvalue weighted by Gasteiger charge is -2.11. The summed E-state index contributed by atoms with van der Waals surface area (Å²) in [6.07, 6.45) is 1.53. The molecule has 0 atom stereocenters. The maximum atomic E-state index is 13.6. The van der Waals surface area contributed by atoms with Crippen molar-refractivity contribution in [1.29, 1.82) is 0 Å². The molecule has 0 unspecified atom stereocenters. The van der Waals surface area contributed by atoms with Crippen LogP contribution in [0.2, 0.25) is 0 Å². The number of carbonyl (C=O) groups excluding carboxylic acids is 1. The number of hydrogen-bond acceptors (Lipinski definition) is 4. The Kier molecular flexibility index (Phi) is 3.70. The topological polar surface area (TPSA) is 51.2 Å². The highest BCUT2D eigenvalue weighted by molar-refractivity contribution is 5.96. The van der Waals surface area contributed by atoms with E-state index in [9.17, 15) is 9.18 Å². The second kappa shape index (κ2) is 5.81. The number of rotatable bonds is 3. The summed E-state index contributed by atoms with van der Waals surface area (Å²) >= 11 is 0. The van der Waals surface area contributed by atoms with Gasteiger partial charge in [-0.1, -0.05) is 24.3 Å². The second-order valence-corrected chi connectivity index (χ2v) is 4.70. The van der Waals surface area contributed by atoms with Crippen LogP contribution in [-0.2, 0) is 4.74 Å². The van der Waals surface area contributed by atoms with Crippen molar-refractivity contribution in [2.75, 3.05) is 12.4 Å². The van der Waals surface area contributed by atoms with E-state index in [4.69, 9.17) is 4.74 Å².